The molecule has 0 saturated carbocycles. The minimum absolute atomic E-state index is 0.0566. The summed E-state index contributed by atoms with van der Waals surface area (Å²) in [5.41, 5.74) is -3.66. The van der Waals surface area contributed by atoms with Crippen LogP contribution in [-0.4, -0.2) is 22.8 Å². The molecule has 0 unspecified atom stereocenters. The van der Waals surface area contributed by atoms with Crippen LogP contribution in [0.15, 0.2) is 0 Å². The lowest BCUT2D eigenvalue weighted by Crippen LogP contribution is -2.26. The Balaban J connectivity index is 2.21. The number of aromatic nitrogens is 1. The SMILES string of the molecule is OC[C@@H]1CC[C@H](c2nc(C(F)(F)F)c3c(c2C(F)(F)F)CCCC3)O1. The van der Waals surface area contributed by atoms with Crippen LogP contribution in [0.3, 0.4) is 0 Å². The average Bonchev–Trinajstić information content (AvgIpc) is 3.00. The molecule has 9 heteroatoms. The van der Waals surface area contributed by atoms with Gasteiger partial charge < -0.3 is 9.84 Å². The highest BCUT2D eigenvalue weighted by Gasteiger charge is 2.46. The van der Waals surface area contributed by atoms with E-state index >= 15 is 0 Å². The molecule has 0 spiro atoms. The van der Waals surface area contributed by atoms with Crippen molar-refractivity contribution in [1.82, 2.24) is 4.98 Å². The van der Waals surface area contributed by atoms with Crippen molar-refractivity contribution in [3.05, 3.63) is 28.1 Å². The molecule has 2 heterocycles. The van der Waals surface area contributed by atoms with E-state index < -0.39 is 48.1 Å². The molecule has 1 aliphatic heterocycles. The van der Waals surface area contributed by atoms with Gasteiger partial charge in [-0.2, -0.15) is 26.3 Å². The van der Waals surface area contributed by atoms with E-state index in [9.17, 15) is 26.3 Å². The molecule has 2 aliphatic rings. The smallest absolute Gasteiger partial charge is 0.394 e. The molecule has 25 heavy (non-hydrogen) atoms. The van der Waals surface area contributed by atoms with E-state index in [0.29, 0.717) is 12.8 Å². The highest BCUT2D eigenvalue weighted by molar-refractivity contribution is 5.45. The molecule has 0 aromatic carbocycles. The Morgan fingerprint density at radius 3 is 2.12 bits per heavy atom. The summed E-state index contributed by atoms with van der Waals surface area (Å²) in [5, 5.41) is 9.09. The van der Waals surface area contributed by atoms with Crippen LogP contribution in [-0.2, 0) is 29.9 Å². The molecule has 0 amide bonds. The predicted octanol–water partition coefficient (Wildman–Crippen LogP) is 4.21. The fourth-order valence-corrected chi connectivity index (χ4v) is 3.67. The maximum Gasteiger partial charge on any atom is 0.433 e. The molecule has 1 N–H and O–H groups in total. The molecular formula is C16H17F6NO2. The Kier molecular flexibility index (Phi) is 4.74. The van der Waals surface area contributed by atoms with Gasteiger partial charge >= 0.3 is 12.4 Å². The molecule has 2 atom stereocenters. The van der Waals surface area contributed by atoms with Crippen molar-refractivity contribution in [1.29, 1.82) is 0 Å². The van der Waals surface area contributed by atoms with Crippen LogP contribution in [0, 0.1) is 0 Å². The molecule has 3 nitrogen and oxygen atoms in total. The third kappa shape index (κ3) is 3.48. The summed E-state index contributed by atoms with van der Waals surface area (Å²) in [6.45, 7) is -0.394. The van der Waals surface area contributed by atoms with E-state index in [0.717, 1.165) is 0 Å². The molecule has 140 valence electrons. The third-order valence-corrected chi connectivity index (χ3v) is 4.71. The van der Waals surface area contributed by atoms with Crippen molar-refractivity contribution < 1.29 is 36.2 Å². The lowest BCUT2D eigenvalue weighted by Gasteiger charge is -2.28. The molecule has 1 aromatic rings. The van der Waals surface area contributed by atoms with E-state index in [4.69, 9.17) is 9.84 Å². The number of ether oxygens (including phenoxy) is 1. The number of rotatable bonds is 2. The molecule has 1 saturated heterocycles. The zero-order chi connectivity index (χ0) is 18.4. The highest BCUT2D eigenvalue weighted by Crippen LogP contribution is 2.46. The summed E-state index contributed by atoms with van der Waals surface area (Å²) in [4.78, 5) is 3.42. The summed E-state index contributed by atoms with van der Waals surface area (Å²) in [6, 6.07) is 0. The number of hydrogen-bond donors (Lipinski definition) is 1. The Bertz CT molecular complexity index is 655. The minimum Gasteiger partial charge on any atom is -0.394 e. The molecule has 3 rings (SSSR count). The number of nitrogens with zero attached hydrogens (tertiary/aromatic N) is 1. The summed E-state index contributed by atoms with van der Waals surface area (Å²) in [5.74, 6) is 0. The number of aliphatic hydroxyl groups excluding tert-OH is 1. The fraction of sp³-hybridized carbons (Fsp3) is 0.688. The second kappa shape index (κ2) is 6.42. The number of pyridine rings is 1. The second-order valence-electron chi connectivity index (χ2n) is 6.39. The number of aliphatic hydroxyl groups is 1. The van der Waals surface area contributed by atoms with E-state index in [2.05, 4.69) is 4.98 Å². The second-order valence-corrected chi connectivity index (χ2v) is 6.39. The van der Waals surface area contributed by atoms with E-state index in [1.807, 2.05) is 0 Å². The maximum absolute atomic E-state index is 13.7. The summed E-state index contributed by atoms with van der Waals surface area (Å²) in [6.07, 6.45) is -10.5. The van der Waals surface area contributed by atoms with E-state index in [1.165, 1.54) is 0 Å². The van der Waals surface area contributed by atoms with Crippen LogP contribution in [0.5, 0.6) is 0 Å². The minimum atomic E-state index is -4.82. The quantitative estimate of drug-likeness (QED) is 0.794. The van der Waals surface area contributed by atoms with Crippen LogP contribution in [0.25, 0.3) is 0 Å². The number of hydrogen-bond acceptors (Lipinski definition) is 3. The number of alkyl halides is 6. The largest absolute Gasteiger partial charge is 0.433 e. The summed E-state index contributed by atoms with van der Waals surface area (Å²) in [7, 11) is 0. The van der Waals surface area contributed by atoms with Gasteiger partial charge in [0.25, 0.3) is 0 Å². The summed E-state index contributed by atoms with van der Waals surface area (Å²) >= 11 is 0. The van der Waals surface area contributed by atoms with Crippen LogP contribution < -0.4 is 0 Å². The lowest BCUT2D eigenvalue weighted by atomic mass is 9.85. The van der Waals surface area contributed by atoms with Gasteiger partial charge in [0, 0.05) is 0 Å². The van der Waals surface area contributed by atoms with Crippen molar-refractivity contribution in [2.75, 3.05) is 6.61 Å². The van der Waals surface area contributed by atoms with Gasteiger partial charge in [-0.15, -0.1) is 0 Å². The molecule has 1 aromatic heterocycles. The van der Waals surface area contributed by atoms with Gasteiger partial charge in [0.2, 0.25) is 0 Å². The van der Waals surface area contributed by atoms with Gasteiger partial charge in [-0.05, 0) is 49.7 Å². The Hall–Kier alpha value is -1.35. The zero-order valence-electron chi connectivity index (χ0n) is 13.2. The Labute approximate surface area is 140 Å². The van der Waals surface area contributed by atoms with Gasteiger partial charge in [-0.25, -0.2) is 4.98 Å². The van der Waals surface area contributed by atoms with E-state index in [-0.39, 0.29) is 36.8 Å². The van der Waals surface area contributed by atoms with Crippen molar-refractivity contribution in [3.8, 4) is 0 Å². The molecule has 0 bridgehead atoms. The predicted molar refractivity (Wildman–Crippen MR) is 74.8 cm³/mol. The van der Waals surface area contributed by atoms with Crippen molar-refractivity contribution in [2.45, 2.75) is 63.1 Å². The topological polar surface area (TPSA) is 42.4 Å². The van der Waals surface area contributed by atoms with Crippen LogP contribution in [0.1, 0.15) is 59.9 Å². The van der Waals surface area contributed by atoms with Crippen LogP contribution in [0.4, 0.5) is 26.3 Å². The summed E-state index contributed by atoms with van der Waals surface area (Å²) < 4.78 is 86.5. The van der Waals surface area contributed by atoms with Crippen LogP contribution >= 0.6 is 0 Å². The molecule has 1 fully saturated rings. The first-order valence-corrected chi connectivity index (χ1v) is 8.09. The van der Waals surface area contributed by atoms with Crippen molar-refractivity contribution in [3.63, 3.8) is 0 Å². The first kappa shape index (κ1) is 18.4. The molecular weight excluding hydrogens is 352 g/mol. The van der Waals surface area contributed by atoms with Gasteiger partial charge in [-0.1, -0.05) is 0 Å². The van der Waals surface area contributed by atoms with Gasteiger partial charge in [0.05, 0.1) is 24.0 Å². The standard InChI is InChI=1S/C16H17F6NO2/c17-15(18,19)12-9-3-1-2-4-10(9)14(16(20,21)22)23-13(12)11-6-5-8(7-24)25-11/h8,11,24H,1-7H2/t8-,11+/m0/s1. The first-order valence-electron chi connectivity index (χ1n) is 8.09. The normalized spacial score (nSPS) is 24.4. The van der Waals surface area contributed by atoms with Gasteiger partial charge in [0.1, 0.15) is 11.8 Å². The number of fused-ring (bicyclic) bond motifs is 1. The Morgan fingerprint density at radius 1 is 0.960 bits per heavy atom. The van der Waals surface area contributed by atoms with Gasteiger partial charge in [-0.3, -0.25) is 0 Å². The molecule has 1 aliphatic carbocycles. The van der Waals surface area contributed by atoms with Crippen molar-refractivity contribution in [2.24, 2.45) is 0 Å². The van der Waals surface area contributed by atoms with E-state index in [1.54, 1.807) is 0 Å². The Morgan fingerprint density at radius 2 is 1.60 bits per heavy atom. The molecule has 0 radical (unpaired) electrons. The highest BCUT2D eigenvalue weighted by atomic mass is 19.4. The monoisotopic (exact) mass is 369 g/mol. The van der Waals surface area contributed by atoms with Crippen LogP contribution in [0.2, 0.25) is 0 Å². The van der Waals surface area contributed by atoms with Gasteiger partial charge in [0.15, 0.2) is 0 Å². The van der Waals surface area contributed by atoms with Crippen molar-refractivity contribution >= 4 is 0 Å². The zero-order valence-corrected chi connectivity index (χ0v) is 13.2. The maximum atomic E-state index is 13.7. The third-order valence-electron chi connectivity index (χ3n) is 4.71. The lowest BCUT2D eigenvalue weighted by molar-refractivity contribution is -0.147. The average molecular weight is 369 g/mol. The number of halogens is 6. The first-order chi connectivity index (χ1) is 11.6. The fourth-order valence-electron chi connectivity index (χ4n) is 3.67.